The van der Waals surface area contributed by atoms with E-state index in [0.717, 1.165) is 21.7 Å². The van der Waals surface area contributed by atoms with Gasteiger partial charge in [0.1, 0.15) is 0 Å². The van der Waals surface area contributed by atoms with Crippen LogP contribution in [0.5, 0.6) is 0 Å². The Kier molecular flexibility index (Phi) is 4.21. The van der Waals surface area contributed by atoms with Crippen molar-refractivity contribution in [3.05, 3.63) is 76.9 Å². The van der Waals surface area contributed by atoms with Crippen LogP contribution in [0.3, 0.4) is 0 Å². The van der Waals surface area contributed by atoms with Crippen LogP contribution in [0.15, 0.2) is 60.8 Å². The van der Waals surface area contributed by atoms with Gasteiger partial charge in [-0.2, -0.15) is 0 Å². The van der Waals surface area contributed by atoms with E-state index in [4.69, 9.17) is 5.11 Å². The van der Waals surface area contributed by atoms with E-state index < -0.39 is 5.97 Å². The van der Waals surface area contributed by atoms with Crippen molar-refractivity contribution in [3.8, 4) is 0 Å². The lowest BCUT2D eigenvalue weighted by Crippen LogP contribution is -1.98. The number of fused-ring (bicyclic) bond motifs is 3. The van der Waals surface area contributed by atoms with E-state index in [-0.39, 0.29) is 11.3 Å². The Morgan fingerprint density at radius 3 is 2.63 bits per heavy atom. The van der Waals surface area contributed by atoms with Crippen LogP contribution in [0.1, 0.15) is 25.7 Å². The smallest absolute Gasteiger partial charge is 0.335 e. The Balaban J connectivity index is 1.55. The number of imidazole rings is 1. The van der Waals surface area contributed by atoms with Crippen molar-refractivity contribution >= 4 is 44.8 Å². The molecule has 2 heterocycles. The summed E-state index contributed by atoms with van der Waals surface area (Å²) in [7, 11) is 0. The van der Waals surface area contributed by atoms with Gasteiger partial charge in [-0.15, -0.1) is 0 Å². The Morgan fingerprint density at radius 1 is 1.15 bits per heavy atom. The van der Waals surface area contributed by atoms with Gasteiger partial charge in [0.2, 0.25) is 0 Å². The van der Waals surface area contributed by atoms with Gasteiger partial charge >= 0.3 is 5.97 Å². The first kappa shape index (κ1) is 17.0. The number of rotatable bonds is 5. The molecular formula is C20H15N3O3S. The molecule has 0 unspecified atom stereocenters. The third kappa shape index (κ3) is 3.09. The summed E-state index contributed by atoms with van der Waals surface area (Å²) >= 11 is 1.37. The van der Waals surface area contributed by atoms with Gasteiger partial charge in [-0.05, 0) is 43.3 Å². The van der Waals surface area contributed by atoms with Crippen LogP contribution < -0.4 is 5.32 Å². The number of para-hydroxylation sites is 2. The number of ketones is 1. The number of hydrogen-bond acceptors (Lipinski definition) is 5. The number of aromatic nitrogens is 2. The first-order chi connectivity index (χ1) is 13.0. The number of benzene rings is 2. The molecule has 4 rings (SSSR count). The van der Waals surface area contributed by atoms with Crippen molar-refractivity contribution in [1.82, 2.24) is 9.38 Å². The monoisotopic (exact) mass is 377 g/mol. The summed E-state index contributed by atoms with van der Waals surface area (Å²) < 4.78 is 2.00. The number of aryl methyl sites for hydroxylation is 1. The second-order valence-corrected chi connectivity index (χ2v) is 6.94. The largest absolute Gasteiger partial charge is 0.478 e. The minimum atomic E-state index is -0.974. The number of nitrogens with zero attached hydrogens (tertiary/aromatic N) is 2. The molecule has 0 fully saturated rings. The number of allylic oxidation sites excluding steroid dienone is 1. The molecule has 2 aromatic carbocycles. The summed E-state index contributed by atoms with van der Waals surface area (Å²) in [5, 5.41) is 11.9. The number of anilines is 1. The highest BCUT2D eigenvalue weighted by atomic mass is 32.1. The molecule has 0 saturated heterocycles. The van der Waals surface area contributed by atoms with E-state index in [2.05, 4.69) is 10.3 Å². The number of nitrogens with one attached hydrogen (secondary N) is 1. The highest BCUT2D eigenvalue weighted by molar-refractivity contribution is 7.19. The van der Waals surface area contributed by atoms with Crippen molar-refractivity contribution in [2.24, 2.45) is 0 Å². The molecule has 0 amide bonds. The van der Waals surface area contributed by atoms with E-state index in [0.29, 0.717) is 10.6 Å². The Labute approximate surface area is 158 Å². The molecule has 0 saturated carbocycles. The molecule has 2 aromatic heterocycles. The van der Waals surface area contributed by atoms with Crippen LogP contribution in [0, 0.1) is 6.92 Å². The average molecular weight is 377 g/mol. The SMILES string of the molecule is Cc1c(C(=O)/C=C/Nc2ccc(C(=O)O)cc2)sc2nc3ccccc3n12. The number of carbonyl (C=O) groups excluding carboxylic acids is 1. The van der Waals surface area contributed by atoms with Crippen molar-refractivity contribution in [3.63, 3.8) is 0 Å². The topological polar surface area (TPSA) is 83.7 Å². The zero-order valence-corrected chi connectivity index (χ0v) is 15.2. The van der Waals surface area contributed by atoms with Crippen molar-refractivity contribution in [2.75, 3.05) is 5.32 Å². The molecule has 6 nitrogen and oxygen atoms in total. The van der Waals surface area contributed by atoms with Gasteiger partial charge in [-0.1, -0.05) is 23.5 Å². The van der Waals surface area contributed by atoms with Crippen LogP contribution in [0.4, 0.5) is 5.69 Å². The molecule has 0 aliphatic rings. The molecule has 7 heteroatoms. The Morgan fingerprint density at radius 2 is 1.89 bits per heavy atom. The predicted molar refractivity (Wildman–Crippen MR) is 106 cm³/mol. The van der Waals surface area contributed by atoms with Gasteiger partial charge in [0.25, 0.3) is 0 Å². The first-order valence-corrected chi connectivity index (χ1v) is 9.03. The van der Waals surface area contributed by atoms with E-state index in [9.17, 15) is 9.59 Å². The molecular weight excluding hydrogens is 362 g/mol. The second kappa shape index (κ2) is 6.69. The molecule has 0 radical (unpaired) electrons. The lowest BCUT2D eigenvalue weighted by atomic mass is 10.2. The molecule has 2 N–H and O–H groups in total. The summed E-state index contributed by atoms with van der Waals surface area (Å²) in [6, 6.07) is 14.1. The number of hydrogen-bond donors (Lipinski definition) is 2. The maximum atomic E-state index is 12.6. The molecule has 27 heavy (non-hydrogen) atoms. The van der Waals surface area contributed by atoms with Crippen LogP contribution in [0.2, 0.25) is 0 Å². The molecule has 134 valence electrons. The quantitative estimate of drug-likeness (QED) is 0.399. The van der Waals surface area contributed by atoms with Gasteiger partial charge in [-0.3, -0.25) is 9.20 Å². The second-order valence-electron chi connectivity index (χ2n) is 5.96. The zero-order valence-electron chi connectivity index (χ0n) is 14.3. The van der Waals surface area contributed by atoms with Crippen molar-refractivity contribution in [1.29, 1.82) is 0 Å². The number of aromatic carboxylic acids is 1. The third-order valence-corrected chi connectivity index (χ3v) is 5.38. The minimum absolute atomic E-state index is 0.110. The van der Waals surface area contributed by atoms with Crippen LogP contribution >= 0.6 is 11.3 Å². The van der Waals surface area contributed by atoms with Crippen LogP contribution in [0.25, 0.3) is 16.0 Å². The third-order valence-electron chi connectivity index (χ3n) is 4.23. The highest BCUT2D eigenvalue weighted by Gasteiger charge is 2.17. The fourth-order valence-corrected chi connectivity index (χ4v) is 3.95. The molecule has 4 aromatic rings. The summed E-state index contributed by atoms with van der Waals surface area (Å²) in [5.41, 5.74) is 3.68. The van der Waals surface area contributed by atoms with Crippen molar-refractivity contribution < 1.29 is 14.7 Å². The van der Waals surface area contributed by atoms with Gasteiger partial charge < -0.3 is 10.4 Å². The van der Waals surface area contributed by atoms with Gasteiger partial charge in [0.15, 0.2) is 10.7 Å². The standard InChI is InChI=1S/C20H15N3O3S/c1-12-18(27-20-22-15-4-2-3-5-16(15)23(12)20)17(24)10-11-21-14-8-6-13(7-9-14)19(25)26/h2-11,21H,1H3,(H,25,26)/b11-10+. The van der Waals surface area contributed by atoms with Gasteiger partial charge in [0, 0.05) is 23.7 Å². The van der Waals surface area contributed by atoms with E-state index in [1.807, 2.05) is 35.6 Å². The predicted octanol–water partition coefficient (Wildman–Crippen LogP) is 4.36. The van der Waals surface area contributed by atoms with E-state index in [1.54, 1.807) is 18.3 Å². The fourth-order valence-electron chi connectivity index (χ4n) is 2.89. The molecule has 0 atom stereocenters. The van der Waals surface area contributed by atoms with Crippen molar-refractivity contribution in [2.45, 2.75) is 6.92 Å². The zero-order chi connectivity index (χ0) is 19.0. The summed E-state index contributed by atoms with van der Waals surface area (Å²) in [5.74, 6) is -1.08. The normalized spacial score (nSPS) is 11.4. The summed E-state index contributed by atoms with van der Waals surface area (Å²) in [4.78, 5) is 29.4. The fraction of sp³-hybridized carbons (Fsp3) is 0.0500. The summed E-state index contributed by atoms with van der Waals surface area (Å²) in [6.45, 7) is 1.91. The van der Waals surface area contributed by atoms with E-state index in [1.165, 1.54) is 29.5 Å². The molecule has 0 aliphatic carbocycles. The summed E-state index contributed by atoms with van der Waals surface area (Å²) in [6.07, 6.45) is 3.02. The number of carboxylic acid groups (broad SMARTS) is 1. The van der Waals surface area contributed by atoms with Gasteiger partial charge in [-0.25, -0.2) is 9.78 Å². The van der Waals surface area contributed by atoms with E-state index >= 15 is 0 Å². The highest BCUT2D eigenvalue weighted by Crippen LogP contribution is 2.28. The number of carboxylic acids is 1. The minimum Gasteiger partial charge on any atom is -0.478 e. The maximum absolute atomic E-state index is 12.6. The molecule has 0 spiro atoms. The number of carbonyl (C=O) groups is 2. The van der Waals surface area contributed by atoms with Crippen LogP contribution in [-0.2, 0) is 0 Å². The first-order valence-electron chi connectivity index (χ1n) is 8.22. The Bertz CT molecular complexity index is 1200. The Hall–Kier alpha value is -3.45. The maximum Gasteiger partial charge on any atom is 0.335 e. The molecule has 0 bridgehead atoms. The lowest BCUT2D eigenvalue weighted by Gasteiger charge is -2.01. The van der Waals surface area contributed by atoms with Crippen LogP contribution in [-0.4, -0.2) is 26.2 Å². The van der Waals surface area contributed by atoms with Gasteiger partial charge in [0.05, 0.1) is 21.5 Å². The number of thiazole rings is 1. The molecule has 0 aliphatic heterocycles. The average Bonchev–Trinajstić information content (AvgIpc) is 3.18. The lowest BCUT2D eigenvalue weighted by molar-refractivity contribution is 0.0696.